The Balaban J connectivity index is 1.42. The number of pyridine rings is 1. The Labute approximate surface area is 158 Å². The fraction of sp³-hybridized carbons (Fsp3) is 0.350. The van der Waals surface area contributed by atoms with Crippen LogP contribution in [-0.4, -0.2) is 58.6 Å². The van der Waals surface area contributed by atoms with Crippen LogP contribution in [0.3, 0.4) is 0 Å². The van der Waals surface area contributed by atoms with Crippen LogP contribution in [0, 0.1) is 0 Å². The number of carbonyl (C=O) groups is 2. The number of carbonyl (C=O) groups excluding carboxylic acids is 2. The molecule has 1 aliphatic heterocycles. The number of benzene rings is 1. The molecule has 0 radical (unpaired) electrons. The summed E-state index contributed by atoms with van der Waals surface area (Å²) in [5.41, 5.74) is 1.25. The second kappa shape index (κ2) is 9.25. The molecular weight excluding hydrogens is 344 g/mol. The Bertz CT molecular complexity index is 754. The molecule has 27 heavy (non-hydrogen) atoms. The molecule has 142 valence electrons. The molecule has 1 aliphatic rings. The van der Waals surface area contributed by atoms with E-state index in [1.807, 2.05) is 23.1 Å². The van der Waals surface area contributed by atoms with E-state index in [4.69, 9.17) is 0 Å². The van der Waals surface area contributed by atoms with E-state index in [9.17, 15) is 14.7 Å². The van der Waals surface area contributed by atoms with Crippen molar-refractivity contribution in [1.29, 1.82) is 0 Å². The molecule has 2 aromatic rings. The molecule has 1 fully saturated rings. The zero-order valence-electron chi connectivity index (χ0n) is 15.0. The second-order valence-electron chi connectivity index (χ2n) is 6.64. The molecule has 3 N–H and O–H groups in total. The summed E-state index contributed by atoms with van der Waals surface area (Å²) in [5.74, 6) is -0.263. The first kappa shape index (κ1) is 19.0. The summed E-state index contributed by atoms with van der Waals surface area (Å²) in [7, 11) is 0. The highest BCUT2D eigenvalue weighted by molar-refractivity contribution is 5.94. The van der Waals surface area contributed by atoms with Gasteiger partial charge in [0.1, 0.15) is 0 Å². The van der Waals surface area contributed by atoms with Crippen LogP contribution in [0.1, 0.15) is 23.2 Å². The quantitative estimate of drug-likeness (QED) is 0.714. The highest BCUT2D eigenvalue weighted by Gasteiger charge is 2.29. The Morgan fingerprint density at radius 1 is 1.19 bits per heavy atom. The summed E-state index contributed by atoms with van der Waals surface area (Å²) < 4.78 is 0. The number of β-amino-alcohol motifs (C(OH)–C–C–N with tert-alkyl or cyclic N) is 1. The van der Waals surface area contributed by atoms with Gasteiger partial charge in [-0.1, -0.05) is 18.2 Å². The van der Waals surface area contributed by atoms with E-state index in [2.05, 4.69) is 15.6 Å². The molecule has 7 nitrogen and oxygen atoms in total. The minimum absolute atomic E-state index is 0.0861. The summed E-state index contributed by atoms with van der Waals surface area (Å²) in [5, 5.41) is 16.1. The van der Waals surface area contributed by atoms with Gasteiger partial charge in [0.15, 0.2) is 0 Å². The molecule has 1 aromatic carbocycles. The predicted molar refractivity (Wildman–Crippen MR) is 102 cm³/mol. The van der Waals surface area contributed by atoms with Gasteiger partial charge in [-0.05, 0) is 30.7 Å². The van der Waals surface area contributed by atoms with Crippen LogP contribution in [0.5, 0.6) is 0 Å². The summed E-state index contributed by atoms with van der Waals surface area (Å²) in [6.45, 7) is 1.71. The number of likely N-dealkylation sites (tertiary alicyclic amines) is 1. The molecule has 2 atom stereocenters. The average Bonchev–Trinajstić information content (AvgIpc) is 2.69. The van der Waals surface area contributed by atoms with Crippen LogP contribution in [0.2, 0.25) is 0 Å². The summed E-state index contributed by atoms with van der Waals surface area (Å²) in [6.07, 6.45) is 3.57. The maximum Gasteiger partial charge on any atom is 0.251 e. The zero-order valence-corrected chi connectivity index (χ0v) is 15.0. The normalized spacial score (nSPS) is 20.0. The molecular formula is C20H24N4O3. The number of aliphatic hydroxyl groups is 1. The van der Waals surface area contributed by atoms with Crippen LogP contribution >= 0.6 is 0 Å². The van der Waals surface area contributed by atoms with Crippen molar-refractivity contribution >= 4 is 17.5 Å². The first-order valence-electron chi connectivity index (χ1n) is 9.08. The van der Waals surface area contributed by atoms with Crippen LogP contribution < -0.4 is 10.6 Å². The van der Waals surface area contributed by atoms with E-state index in [1.165, 1.54) is 0 Å². The smallest absolute Gasteiger partial charge is 0.251 e. The topological polar surface area (TPSA) is 94.6 Å². The molecule has 2 heterocycles. The van der Waals surface area contributed by atoms with E-state index >= 15 is 0 Å². The van der Waals surface area contributed by atoms with Crippen molar-refractivity contribution in [3.8, 4) is 0 Å². The zero-order chi connectivity index (χ0) is 19.1. The first-order chi connectivity index (χ1) is 13.1. The Morgan fingerprint density at radius 2 is 2.00 bits per heavy atom. The molecule has 3 rings (SSSR count). The third kappa shape index (κ3) is 5.60. The third-order valence-corrected chi connectivity index (χ3v) is 4.62. The first-order valence-corrected chi connectivity index (χ1v) is 9.08. The Morgan fingerprint density at radius 3 is 2.70 bits per heavy atom. The van der Waals surface area contributed by atoms with Gasteiger partial charge in [0.25, 0.3) is 5.91 Å². The molecule has 0 aliphatic carbocycles. The lowest BCUT2D eigenvalue weighted by Gasteiger charge is -2.36. The van der Waals surface area contributed by atoms with Gasteiger partial charge in [0.05, 0.1) is 24.0 Å². The number of aromatic nitrogens is 1. The van der Waals surface area contributed by atoms with Crippen LogP contribution in [0.4, 0.5) is 5.69 Å². The number of rotatable bonds is 6. The standard InChI is InChI=1S/C20H24N4O3/c25-18-14-24(12-9-19(26)22-16-7-4-10-21-13-16)11-8-17(18)23-20(27)15-5-2-1-3-6-15/h1-7,10,13,17-18,25H,8-9,11-12,14H2,(H,22,26)(H,23,27)/t17-,18-/m1/s1. The summed E-state index contributed by atoms with van der Waals surface area (Å²) in [6, 6.07) is 12.2. The number of hydrogen-bond acceptors (Lipinski definition) is 5. The Hall–Kier alpha value is -2.77. The van der Waals surface area contributed by atoms with Crippen molar-refractivity contribution in [2.75, 3.05) is 25.0 Å². The van der Waals surface area contributed by atoms with Crippen molar-refractivity contribution in [1.82, 2.24) is 15.2 Å². The van der Waals surface area contributed by atoms with Gasteiger partial charge in [-0.2, -0.15) is 0 Å². The molecule has 0 bridgehead atoms. The molecule has 0 spiro atoms. The van der Waals surface area contributed by atoms with Crippen molar-refractivity contribution in [2.45, 2.75) is 25.0 Å². The largest absolute Gasteiger partial charge is 0.390 e. The number of amides is 2. The van der Waals surface area contributed by atoms with Gasteiger partial charge < -0.3 is 20.6 Å². The number of hydrogen-bond donors (Lipinski definition) is 3. The van der Waals surface area contributed by atoms with Gasteiger partial charge in [-0.15, -0.1) is 0 Å². The minimum Gasteiger partial charge on any atom is -0.390 e. The number of nitrogens with zero attached hydrogens (tertiary/aromatic N) is 2. The second-order valence-corrected chi connectivity index (χ2v) is 6.64. The minimum atomic E-state index is -0.659. The van der Waals surface area contributed by atoms with Gasteiger partial charge in [-0.3, -0.25) is 14.6 Å². The number of anilines is 1. The maximum atomic E-state index is 12.2. The highest BCUT2D eigenvalue weighted by Crippen LogP contribution is 2.13. The van der Waals surface area contributed by atoms with Gasteiger partial charge in [0, 0.05) is 37.8 Å². The number of aliphatic hydroxyl groups excluding tert-OH is 1. The lowest BCUT2D eigenvalue weighted by Crippen LogP contribution is -2.54. The van der Waals surface area contributed by atoms with E-state index < -0.39 is 6.10 Å². The fourth-order valence-corrected chi connectivity index (χ4v) is 3.13. The number of nitrogens with one attached hydrogen (secondary N) is 2. The van der Waals surface area contributed by atoms with Crippen molar-refractivity contribution in [3.63, 3.8) is 0 Å². The highest BCUT2D eigenvalue weighted by atomic mass is 16.3. The van der Waals surface area contributed by atoms with Crippen LogP contribution in [0.15, 0.2) is 54.9 Å². The SMILES string of the molecule is O=C(CCN1CC[C@@H](NC(=O)c2ccccc2)[C@H](O)C1)Nc1cccnc1. The van der Waals surface area contributed by atoms with Crippen LogP contribution in [0.25, 0.3) is 0 Å². The lowest BCUT2D eigenvalue weighted by molar-refractivity contribution is -0.116. The monoisotopic (exact) mass is 368 g/mol. The van der Waals surface area contributed by atoms with E-state index in [0.29, 0.717) is 37.2 Å². The van der Waals surface area contributed by atoms with E-state index in [-0.39, 0.29) is 17.9 Å². The van der Waals surface area contributed by atoms with Crippen molar-refractivity contribution < 1.29 is 14.7 Å². The molecule has 2 amide bonds. The van der Waals surface area contributed by atoms with Gasteiger partial charge >= 0.3 is 0 Å². The molecule has 0 saturated carbocycles. The van der Waals surface area contributed by atoms with Crippen molar-refractivity contribution in [3.05, 3.63) is 60.4 Å². The number of piperidine rings is 1. The fourth-order valence-electron chi connectivity index (χ4n) is 3.13. The van der Waals surface area contributed by atoms with Crippen molar-refractivity contribution in [2.24, 2.45) is 0 Å². The third-order valence-electron chi connectivity index (χ3n) is 4.62. The molecule has 7 heteroatoms. The maximum absolute atomic E-state index is 12.2. The average molecular weight is 368 g/mol. The lowest BCUT2D eigenvalue weighted by atomic mass is 10.0. The summed E-state index contributed by atoms with van der Waals surface area (Å²) >= 11 is 0. The van der Waals surface area contributed by atoms with Crippen LogP contribution in [-0.2, 0) is 4.79 Å². The summed E-state index contributed by atoms with van der Waals surface area (Å²) in [4.78, 5) is 30.3. The molecule has 1 aromatic heterocycles. The van der Waals surface area contributed by atoms with E-state index in [0.717, 1.165) is 6.54 Å². The van der Waals surface area contributed by atoms with Gasteiger partial charge in [-0.25, -0.2) is 0 Å². The predicted octanol–water partition coefficient (Wildman–Crippen LogP) is 1.28. The molecule has 1 saturated heterocycles. The van der Waals surface area contributed by atoms with Gasteiger partial charge in [0.2, 0.25) is 5.91 Å². The van der Waals surface area contributed by atoms with E-state index in [1.54, 1.807) is 36.7 Å². The molecule has 0 unspecified atom stereocenters. The Kier molecular flexibility index (Phi) is 6.51.